The molecule has 6 heteroatoms. The second kappa shape index (κ2) is 6.36. The lowest BCUT2D eigenvalue weighted by atomic mass is 9.97. The normalized spacial score (nSPS) is 18.6. The number of hydrogen-bond donors (Lipinski definition) is 1. The second-order valence-corrected chi connectivity index (χ2v) is 4.76. The average Bonchev–Trinajstić information content (AvgIpc) is 2.47. The van der Waals surface area contributed by atoms with Gasteiger partial charge in [0.2, 0.25) is 0 Å². The average molecular weight is 278 g/mol. The summed E-state index contributed by atoms with van der Waals surface area (Å²) in [6.07, 6.45) is 4.34. The first-order chi connectivity index (χ1) is 9.63. The molecule has 0 unspecified atom stereocenters. The Balaban J connectivity index is 2.09. The molecular weight excluding hydrogens is 260 g/mol. The number of carbonyl (C=O) groups excluding carboxylic acids is 2. The van der Waals surface area contributed by atoms with E-state index in [1.807, 2.05) is 0 Å². The monoisotopic (exact) mass is 278 g/mol. The summed E-state index contributed by atoms with van der Waals surface area (Å²) in [7, 11) is 0. The van der Waals surface area contributed by atoms with E-state index in [4.69, 9.17) is 4.74 Å². The number of ether oxygens (including phenoxy) is 1. The van der Waals surface area contributed by atoms with Gasteiger partial charge in [-0.3, -0.25) is 14.4 Å². The lowest BCUT2D eigenvalue weighted by Crippen LogP contribution is -2.44. The summed E-state index contributed by atoms with van der Waals surface area (Å²) in [5.41, 5.74) is -0.205. The fraction of sp³-hybridized carbons (Fsp3) is 0.500. The van der Waals surface area contributed by atoms with Gasteiger partial charge >= 0.3 is 5.97 Å². The van der Waals surface area contributed by atoms with Crippen molar-refractivity contribution in [2.45, 2.75) is 19.8 Å². The molecule has 1 aliphatic rings. The highest BCUT2D eigenvalue weighted by molar-refractivity contribution is 5.94. The van der Waals surface area contributed by atoms with E-state index in [1.54, 1.807) is 11.8 Å². The van der Waals surface area contributed by atoms with Gasteiger partial charge in [0.25, 0.3) is 5.91 Å². The van der Waals surface area contributed by atoms with Crippen LogP contribution in [0.15, 0.2) is 23.3 Å². The molecule has 1 aromatic rings. The van der Waals surface area contributed by atoms with Crippen molar-refractivity contribution in [2.75, 3.05) is 19.7 Å². The molecule has 1 amide bonds. The van der Waals surface area contributed by atoms with Gasteiger partial charge < -0.3 is 14.6 Å². The van der Waals surface area contributed by atoms with Crippen LogP contribution in [0.5, 0.6) is 0 Å². The minimum Gasteiger partial charge on any atom is -0.466 e. The number of amides is 1. The SMILES string of the molecule is CCOC(=O)[C@@H]1CCCN(C(=O)c2c[nH]ccc2=O)C1. The summed E-state index contributed by atoms with van der Waals surface area (Å²) < 4.78 is 4.99. The van der Waals surface area contributed by atoms with Crippen molar-refractivity contribution >= 4 is 11.9 Å². The predicted molar refractivity (Wildman–Crippen MR) is 72.3 cm³/mol. The van der Waals surface area contributed by atoms with Crippen LogP contribution in [-0.2, 0) is 9.53 Å². The first-order valence-corrected chi connectivity index (χ1v) is 6.76. The van der Waals surface area contributed by atoms with E-state index in [1.165, 1.54) is 18.5 Å². The van der Waals surface area contributed by atoms with Gasteiger partial charge in [-0.25, -0.2) is 0 Å². The summed E-state index contributed by atoms with van der Waals surface area (Å²) >= 11 is 0. The van der Waals surface area contributed by atoms with Crippen molar-refractivity contribution < 1.29 is 14.3 Å². The standard InChI is InChI=1S/C14H18N2O4/c1-2-20-14(19)10-4-3-7-16(9-10)13(18)11-8-15-6-5-12(11)17/h5-6,8,10H,2-4,7,9H2,1H3,(H,15,17)/t10-/m1/s1. The van der Waals surface area contributed by atoms with Crippen molar-refractivity contribution in [1.29, 1.82) is 0 Å². The van der Waals surface area contributed by atoms with Gasteiger partial charge in [0.15, 0.2) is 5.43 Å². The van der Waals surface area contributed by atoms with Crippen LogP contribution in [0.1, 0.15) is 30.1 Å². The maximum atomic E-state index is 12.3. The smallest absolute Gasteiger partial charge is 0.310 e. The molecule has 2 rings (SSSR count). The molecule has 0 radical (unpaired) electrons. The molecule has 0 aromatic carbocycles. The Labute approximate surface area is 116 Å². The maximum Gasteiger partial charge on any atom is 0.310 e. The van der Waals surface area contributed by atoms with Crippen molar-refractivity contribution in [3.63, 3.8) is 0 Å². The van der Waals surface area contributed by atoms with Crippen molar-refractivity contribution in [3.05, 3.63) is 34.2 Å². The van der Waals surface area contributed by atoms with Crippen LogP contribution in [0.4, 0.5) is 0 Å². The first-order valence-electron chi connectivity index (χ1n) is 6.76. The molecule has 1 fully saturated rings. The van der Waals surface area contributed by atoms with Crippen LogP contribution in [-0.4, -0.2) is 41.5 Å². The summed E-state index contributed by atoms with van der Waals surface area (Å²) in [5, 5.41) is 0. The summed E-state index contributed by atoms with van der Waals surface area (Å²) in [6.45, 7) is 2.96. The van der Waals surface area contributed by atoms with E-state index in [0.717, 1.165) is 6.42 Å². The number of carbonyl (C=O) groups is 2. The van der Waals surface area contributed by atoms with Crippen LogP contribution < -0.4 is 5.43 Å². The highest BCUT2D eigenvalue weighted by Gasteiger charge is 2.30. The number of likely N-dealkylation sites (tertiary alicyclic amines) is 1. The number of H-pyrrole nitrogens is 1. The Morgan fingerprint density at radius 1 is 1.50 bits per heavy atom. The minimum atomic E-state index is -0.333. The van der Waals surface area contributed by atoms with Gasteiger partial charge in [-0.2, -0.15) is 0 Å². The van der Waals surface area contributed by atoms with Gasteiger partial charge in [-0.05, 0) is 19.8 Å². The molecule has 0 aliphatic carbocycles. The Morgan fingerprint density at radius 2 is 2.30 bits per heavy atom. The van der Waals surface area contributed by atoms with Crippen molar-refractivity contribution in [2.24, 2.45) is 5.92 Å². The second-order valence-electron chi connectivity index (χ2n) is 4.76. The fourth-order valence-electron chi connectivity index (χ4n) is 2.37. The Hall–Kier alpha value is -2.11. The molecule has 1 aliphatic heterocycles. The molecule has 0 bridgehead atoms. The van der Waals surface area contributed by atoms with Gasteiger partial charge in [-0.15, -0.1) is 0 Å². The van der Waals surface area contributed by atoms with E-state index in [2.05, 4.69) is 4.98 Å². The van der Waals surface area contributed by atoms with E-state index in [9.17, 15) is 14.4 Å². The number of aromatic amines is 1. The van der Waals surface area contributed by atoms with Crippen LogP contribution in [0.25, 0.3) is 0 Å². The number of hydrogen-bond acceptors (Lipinski definition) is 4. The largest absolute Gasteiger partial charge is 0.466 e. The molecule has 1 N–H and O–H groups in total. The third kappa shape index (κ3) is 3.07. The van der Waals surface area contributed by atoms with E-state index >= 15 is 0 Å². The van der Waals surface area contributed by atoms with Crippen LogP contribution in [0.3, 0.4) is 0 Å². The lowest BCUT2D eigenvalue weighted by molar-refractivity contribution is -0.149. The summed E-state index contributed by atoms with van der Waals surface area (Å²) in [6, 6.07) is 1.32. The van der Waals surface area contributed by atoms with Gasteiger partial charge in [-0.1, -0.05) is 0 Å². The molecule has 6 nitrogen and oxygen atoms in total. The first kappa shape index (κ1) is 14.3. The molecule has 20 heavy (non-hydrogen) atoms. The van der Waals surface area contributed by atoms with Crippen LogP contribution in [0, 0.1) is 5.92 Å². The fourth-order valence-corrected chi connectivity index (χ4v) is 2.37. The molecule has 2 heterocycles. The molecule has 1 saturated heterocycles. The molecule has 108 valence electrons. The molecule has 0 saturated carbocycles. The number of rotatable bonds is 3. The van der Waals surface area contributed by atoms with E-state index < -0.39 is 0 Å². The van der Waals surface area contributed by atoms with Gasteiger partial charge in [0.05, 0.1) is 12.5 Å². The zero-order valence-corrected chi connectivity index (χ0v) is 11.4. The topological polar surface area (TPSA) is 79.5 Å². The van der Waals surface area contributed by atoms with E-state index in [0.29, 0.717) is 26.1 Å². The lowest BCUT2D eigenvalue weighted by Gasteiger charge is -2.31. The third-order valence-corrected chi connectivity index (χ3v) is 3.38. The number of esters is 1. The number of nitrogens with one attached hydrogen (secondary N) is 1. The van der Waals surface area contributed by atoms with Crippen LogP contribution >= 0.6 is 0 Å². The zero-order chi connectivity index (χ0) is 14.5. The molecule has 1 aromatic heterocycles. The summed E-state index contributed by atoms with van der Waals surface area (Å²) in [4.78, 5) is 40.0. The summed E-state index contributed by atoms with van der Waals surface area (Å²) in [5.74, 6) is -0.900. The zero-order valence-electron chi connectivity index (χ0n) is 11.4. The Kier molecular flexibility index (Phi) is 4.55. The van der Waals surface area contributed by atoms with Crippen molar-refractivity contribution in [1.82, 2.24) is 9.88 Å². The number of piperidine rings is 1. The number of nitrogens with zero attached hydrogens (tertiary/aromatic N) is 1. The van der Waals surface area contributed by atoms with Crippen molar-refractivity contribution in [3.8, 4) is 0 Å². The minimum absolute atomic E-state index is 0.108. The van der Waals surface area contributed by atoms with E-state index in [-0.39, 0.29) is 28.8 Å². The molecular formula is C14H18N2O4. The van der Waals surface area contributed by atoms with Gasteiger partial charge in [0.1, 0.15) is 5.56 Å². The molecule has 1 atom stereocenters. The number of pyridine rings is 1. The van der Waals surface area contributed by atoms with Crippen LogP contribution in [0.2, 0.25) is 0 Å². The maximum absolute atomic E-state index is 12.3. The highest BCUT2D eigenvalue weighted by Crippen LogP contribution is 2.19. The third-order valence-electron chi connectivity index (χ3n) is 3.38. The molecule has 0 spiro atoms. The predicted octanol–water partition coefficient (Wildman–Crippen LogP) is 0.790. The number of aromatic nitrogens is 1. The Morgan fingerprint density at radius 3 is 3.00 bits per heavy atom. The van der Waals surface area contributed by atoms with Gasteiger partial charge in [0, 0.05) is 31.5 Å². The highest BCUT2D eigenvalue weighted by atomic mass is 16.5. The Bertz CT molecular complexity index is 552. The quantitative estimate of drug-likeness (QED) is 0.829.